The number of carbonyl (C=O) groups excluding carboxylic acids is 2. The Morgan fingerprint density at radius 2 is 1.94 bits per heavy atom. The molecule has 1 aromatic heterocycles. The van der Waals surface area contributed by atoms with Crippen LogP contribution in [0.4, 0.5) is 15.6 Å². The molecule has 0 aliphatic carbocycles. The Bertz CT molecular complexity index is 1150. The van der Waals surface area contributed by atoms with E-state index < -0.39 is 6.04 Å². The fourth-order valence-corrected chi connectivity index (χ4v) is 4.43. The fourth-order valence-electron chi connectivity index (χ4n) is 3.69. The number of nitrogens with one attached hydrogen (secondary N) is 2. The van der Waals surface area contributed by atoms with E-state index in [0.29, 0.717) is 23.1 Å². The van der Waals surface area contributed by atoms with Crippen molar-refractivity contribution in [3.8, 4) is 16.3 Å². The van der Waals surface area contributed by atoms with Crippen molar-refractivity contribution in [1.29, 1.82) is 0 Å². The first-order chi connectivity index (χ1) is 15.5. The molecule has 9 heteroatoms. The van der Waals surface area contributed by atoms with Gasteiger partial charge in [0, 0.05) is 17.8 Å². The number of benzene rings is 2. The van der Waals surface area contributed by atoms with Crippen LogP contribution in [0, 0.1) is 13.8 Å². The average molecular weight is 452 g/mol. The number of aryl methyl sites for hydroxylation is 1. The maximum atomic E-state index is 12.9. The van der Waals surface area contributed by atoms with Gasteiger partial charge in [0.2, 0.25) is 11.0 Å². The molecule has 8 nitrogen and oxygen atoms in total. The molecular formula is C23H25N5O3S. The minimum atomic E-state index is -0.552. The van der Waals surface area contributed by atoms with Gasteiger partial charge in [-0.15, -0.1) is 10.2 Å². The van der Waals surface area contributed by atoms with E-state index in [1.54, 1.807) is 12.0 Å². The third-order valence-corrected chi connectivity index (χ3v) is 6.52. The molecule has 1 unspecified atom stereocenters. The summed E-state index contributed by atoms with van der Waals surface area (Å²) in [5.41, 5.74) is 3.73. The fraction of sp³-hybridized carbons (Fsp3) is 0.304. The standard InChI is InChI=1S/C23H25N5O3S/c1-14-7-4-10-18(15(14)2)24-23(30)28-12-6-11-19(28)20(29)25-22-27-26-21(32-22)16-8-5-9-17(13-16)31-3/h4-5,7-10,13,19H,6,11-12H2,1-3H3,(H,24,30)(H,25,27,29). The molecule has 1 aliphatic rings. The van der Waals surface area contributed by atoms with Gasteiger partial charge in [-0.05, 0) is 56.0 Å². The minimum absolute atomic E-state index is 0.257. The van der Waals surface area contributed by atoms with E-state index in [4.69, 9.17) is 4.74 Å². The number of hydrogen-bond donors (Lipinski definition) is 2. The van der Waals surface area contributed by atoms with Gasteiger partial charge >= 0.3 is 6.03 Å². The molecule has 3 amide bonds. The number of rotatable bonds is 5. The summed E-state index contributed by atoms with van der Waals surface area (Å²) >= 11 is 1.28. The van der Waals surface area contributed by atoms with Crippen molar-refractivity contribution in [3.63, 3.8) is 0 Å². The largest absolute Gasteiger partial charge is 0.497 e. The minimum Gasteiger partial charge on any atom is -0.497 e. The number of carbonyl (C=O) groups is 2. The lowest BCUT2D eigenvalue weighted by molar-refractivity contribution is -0.119. The quantitative estimate of drug-likeness (QED) is 0.597. The van der Waals surface area contributed by atoms with Crippen LogP contribution in [0.15, 0.2) is 42.5 Å². The molecule has 0 saturated carbocycles. The number of anilines is 2. The summed E-state index contributed by atoms with van der Waals surface area (Å²) in [7, 11) is 1.61. The van der Waals surface area contributed by atoms with E-state index in [0.717, 1.165) is 34.5 Å². The Balaban J connectivity index is 1.43. The molecule has 1 saturated heterocycles. The Hall–Kier alpha value is -3.46. The van der Waals surface area contributed by atoms with Gasteiger partial charge in [-0.2, -0.15) is 0 Å². The monoisotopic (exact) mass is 451 g/mol. The Morgan fingerprint density at radius 3 is 2.75 bits per heavy atom. The van der Waals surface area contributed by atoms with Gasteiger partial charge < -0.3 is 15.0 Å². The number of nitrogens with zero attached hydrogens (tertiary/aromatic N) is 3. The van der Waals surface area contributed by atoms with Gasteiger partial charge in [0.05, 0.1) is 7.11 Å². The number of urea groups is 1. The van der Waals surface area contributed by atoms with Crippen LogP contribution in [0.3, 0.4) is 0 Å². The molecule has 1 aliphatic heterocycles. The lowest BCUT2D eigenvalue weighted by atomic mass is 10.1. The van der Waals surface area contributed by atoms with Crippen molar-refractivity contribution in [3.05, 3.63) is 53.6 Å². The lowest BCUT2D eigenvalue weighted by Crippen LogP contribution is -2.45. The van der Waals surface area contributed by atoms with Crippen LogP contribution in [0.1, 0.15) is 24.0 Å². The van der Waals surface area contributed by atoms with Crippen molar-refractivity contribution in [2.75, 3.05) is 24.3 Å². The van der Waals surface area contributed by atoms with Gasteiger partial charge in [0.25, 0.3) is 0 Å². The highest BCUT2D eigenvalue weighted by molar-refractivity contribution is 7.18. The normalized spacial score (nSPS) is 15.5. The molecule has 0 spiro atoms. The summed E-state index contributed by atoms with van der Waals surface area (Å²) in [4.78, 5) is 27.4. The summed E-state index contributed by atoms with van der Waals surface area (Å²) in [5, 5.41) is 15.1. The topological polar surface area (TPSA) is 96.5 Å². The first-order valence-electron chi connectivity index (χ1n) is 10.4. The van der Waals surface area contributed by atoms with Crippen molar-refractivity contribution in [2.24, 2.45) is 0 Å². The van der Waals surface area contributed by atoms with E-state index in [1.807, 2.05) is 56.3 Å². The third-order valence-electron chi connectivity index (χ3n) is 5.63. The molecule has 4 rings (SSSR count). The molecule has 3 aromatic rings. The van der Waals surface area contributed by atoms with Crippen LogP contribution < -0.4 is 15.4 Å². The summed E-state index contributed by atoms with van der Waals surface area (Å²) < 4.78 is 5.25. The van der Waals surface area contributed by atoms with Crippen molar-refractivity contribution >= 4 is 34.1 Å². The summed E-state index contributed by atoms with van der Waals surface area (Å²) in [6.45, 7) is 4.49. The van der Waals surface area contributed by atoms with Crippen molar-refractivity contribution < 1.29 is 14.3 Å². The molecule has 2 aromatic carbocycles. The highest BCUT2D eigenvalue weighted by Crippen LogP contribution is 2.29. The Labute approximate surface area is 190 Å². The maximum absolute atomic E-state index is 12.9. The summed E-state index contributed by atoms with van der Waals surface area (Å²) in [5.74, 6) is 0.465. The van der Waals surface area contributed by atoms with E-state index in [9.17, 15) is 9.59 Å². The van der Waals surface area contributed by atoms with E-state index in [-0.39, 0.29) is 11.9 Å². The summed E-state index contributed by atoms with van der Waals surface area (Å²) in [6, 6.07) is 12.4. The van der Waals surface area contributed by atoms with Crippen LogP contribution in [0.25, 0.3) is 10.6 Å². The predicted molar refractivity (Wildman–Crippen MR) is 125 cm³/mol. The number of aromatic nitrogens is 2. The number of likely N-dealkylation sites (tertiary alicyclic amines) is 1. The Kier molecular flexibility index (Phi) is 6.36. The molecular weight excluding hydrogens is 426 g/mol. The van der Waals surface area contributed by atoms with Gasteiger partial charge in [-0.25, -0.2) is 4.79 Å². The zero-order valence-corrected chi connectivity index (χ0v) is 19.0. The lowest BCUT2D eigenvalue weighted by Gasteiger charge is -2.24. The predicted octanol–water partition coefficient (Wildman–Crippen LogP) is 4.47. The Morgan fingerprint density at radius 1 is 1.12 bits per heavy atom. The SMILES string of the molecule is COc1cccc(-c2nnc(NC(=O)C3CCCN3C(=O)Nc3cccc(C)c3C)s2)c1. The molecule has 2 heterocycles. The van der Waals surface area contributed by atoms with Crippen LogP contribution in [-0.2, 0) is 4.79 Å². The number of amides is 3. The van der Waals surface area contributed by atoms with Crippen molar-refractivity contribution in [2.45, 2.75) is 32.7 Å². The first-order valence-corrected chi connectivity index (χ1v) is 11.2. The van der Waals surface area contributed by atoms with Gasteiger partial charge in [-0.3, -0.25) is 10.1 Å². The van der Waals surface area contributed by atoms with E-state index >= 15 is 0 Å². The van der Waals surface area contributed by atoms with Gasteiger partial charge in [-0.1, -0.05) is 35.6 Å². The van der Waals surface area contributed by atoms with Crippen molar-refractivity contribution in [1.82, 2.24) is 15.1 Å². The molecule has 0 radical (unpaired) electrons. The van der Waals surface area contributed by atoms with E-state index in [1.165, 1.54) is 11.3 Å². The number of methoxy groups -OCH3 is 1. The number of ether oxygens (including phenoxy) is 1. The smallest absolute Gasteiger partial charge is 0.322 e. The zero-order chi connectivity index (χ0) is 22.7. The van der Waals surface area contributed by atoms with E-state index in [2.05, 4.69) is 20.8 Å². The zero-order valence-electron chi connectivity index (χ0n) is 18.2. The molecule has 32 heavy (non-hydrogen) atoms. The molecule has 0 bridgehead atoms. The highest BCUT2D eigenvalue weighted by atomic mass is 32.1. The molecule has 166 valence electrons. The van der Waals surface area contributed by atoms with Crippen LogP contribution in [0.5, 0.6) is 5.75 Å². The first kappa shape index (κ1) is 21.8. The van der Waals surface area contributed by atoms with Crippen LogP contribution in [0.2, 0.25) is 0 Å². The van der Waals surface area contributed by atoms with Crippen LogP contribution >= 0.6 is 11.3 Å². The van der Waals surface area contributed by atoms with Crippen LogP contribution in [-0.4, -0.2) is 46.7 Å². The third kappa shape index (κ3) is 4.57. The maximum Gasteiger partial charge on any atom is 0.322 e. The second-order valence-electron chi connectivity index (χ2n) is 7.66. The second kappa shape index (κ2) is 9.35. The van der Waals surface area contributed by atoms with Gasteiger partial charge in [0.1, 0.15) is 16.8 Å². The average Bonchev–Trinajstić information content (AvgIpc) is 3.47. The molecule has 1 fully saturated rings. The second-order valence-corrected chi connectivity index (χ2v) is 8.64. The molecule has 1 atom stereocenters. The highest BCUT2D eigenvalue weighted by Gasteiger charge is 2.34. The van der Waals surface area contributed by atoms with Gasteiger partial charge in [0.15, 0.2) is 0 Å². The molecule has 2 N–H and O–H groups in total. The number of hydrogen-bond acceptors (Lipinski definition) is 6. The summed E-state index contributed by atoms with van der Waals surface area (Å²) in [6.07, 6.45) is 1.37.